The molecule has 0 bridgehead atoms. The van der Waals surface area contributed by atoms with Crippen LogP contribution in [0.4, 0.5) is 0 Å². The van der Waals surface area contributed by atoms with Crippen LogP contribution in [0.1, 0.15) is 11.5 Å². The van der Waals surface area contributed by atoms with Crippen LogP contribution in [0.2, 0.25) is 0 Å². The van der Waals surface area contributed by atoms with Crippen molar-refractivity contribution in [1.29, 1.82) is 0 Å². The second-order valence-corrected chi connectivity index (χ2v) is 4.71. The summed E-state index contributed by atoms with van der Waals surface area (Å²) in [5.74, 6) is 1.32. The molecule has 1 aromatic carbocycles. The maximum absolute atomic E-state index is 4.46. The molecule has 1 heterocycles. The van der Waals surface area contributed by atoms with Gasteiger partial charge in [-0.25, -0.2) is 9.97 Å². The van der Waals surface area contributed by atoms with E-state index < -0.39 is 0 Å². The Morgan fingerprint density at radius 3 is 2.75 bits per heavy atom. The summed E-state index contributed by atoms with van der Waals surface area (Å²) in [5.41, 5.74) is 3.00. The van der Waals surface area contributed by atoms with Gasteiger partial charge >= 0.3 is 0 Å². The number of hydrogen-bond donors (Lipinski definition) is 1. The van der Waals surface area contributed by atoms with E-state index in [1.165, 1.54) is 0 Å². The molecule has 16 heavy (non-hydrogen) atoms. The number of aryl methyl sites for hydroxylation is 1. The zero-order chi connectivity index (χ0) is 11.5. The van der Waals surface area contributed by atoms with Crippen LogP contribution >= 0.6 is 28.6 Å². The molecule has 2 nitrogen and oxygen atoms in total. The van der Waals surface area contributed by atoms with Crippen LogP contribution in [-0.2, 0) is 5.75 Å². The van der Waals surface area contributed by atoms with Crippen LogP contribution in [0.5, 0.6) is 0 Å². The minimum atomic E-state index is 0.558. The average Bonchev–Trinajstić information content (AvgIpc) is 2.28. The smallest absolute Gasteiger partial charge is 0.138 e. The van der Waals surface area contributed by atoms with Gasteiger partial charge in [-0.1, -0.05) is 28.1 Å². The van der Waals surface area contributed by atoms with Gasteiger partial charge in [-0.15, -0.1) is 0 Å². The molecule has 0 saturated heterocycles. The minimum Gasteiger partial charge on any atom is -0.237 e. The highest BCUT2D eigenvalue weighted by atomic mass is 79.9. The number of halogens is 1. The van der Waals surface area contributed by atoms with Crippen molar-refractivity contribution in [2.24, 2.45) is 0 Å². The van der Waals surface area contributed by atoms with Crippen LogP contribution in [0.15, 0.2) is 34.8 Å². The standard InChI is InChI=1S/C12H11BrN2S/c1-8-5-11(15-12(7-16)14-8)9-3-2-4-10(13)6-9/h2-6,16H,7H2,1H3. The van der Waals surface area contributed by atoms with Crippen molar-refractivity contribution in [1.82, 2.24) is 9.97 Å². The first kappa shape index (κ1) is 11.6. The Bertz CT molecular complexity index is 514. The molecule has 2 rings (SSSR count). The van der Waals surface area contributed by atoms with E-state index in [0.717, 1.165) is 27.2 Å². The van der Waals surface area contributed by atoms with Gasteiger partial charge in [-0.3, -0.25) is 0 Å². The number of hydrogen-bond acceptors (Lipinski definition) is 3. The lowest BCUT2D eigenvalue weighted by Gasteiger charge is -2.05. The van der Waals surface area contributed by atoms with E-state index >= 15 is 0 Å². The maximum atomic E-state index is 4.46. The van der Waals surface area contributed by atoms with Crippen molar-refractivity contribution in [2.75, 3.05) is 0 Å². The molecule has 82 valence electrons. The molecule has 0 fully saturated rings. The summed E-state index contributed by atoms with van der Waals surface area (Å²) in [6, 6.07) is 10.1. The van der Waals surface area contributed by atoms with Gasteiger partial charge in [0, 0.05) is 15.7 Å². The maximum Gasteiger partial charge on any atom is 0.138 e. The summed E-state index contributed by atoms with van der Waals surface area (Å²) in [5, 5.41) is 0. The molecule has 0 saturated carbocycles. The summed E-state index contributed by atoms with van der Waals surface area (Å²) in [7, 11) is 0. The van der Waals surface area contributed by atoms with Gasteiger partial charge in [0.1, 0.15) is 5.82 Å². The SMILES string of the molecule is Cc1cc(-c2cccc(Br)c2)nc(CS)n1. The van der Waals surface area contributed by atoms with E-state index in [-0.39, 0.29) is 0 Å². The molecule has 4 heteroatoms. The second kappa shape index (κ2) is 4.97. The lowest BCUT2D eigenvalue weighted by atomic mass is 10.1. The van der Waals surface area contributed by atoms with Crippen molar-refractivity contribution < 1.29 is 0 Å². The van der Waals surface area contributed by atoms with Gasteiger partial charge in [-0.05, 0) is 25.1 Å². The van der Waals surface area contributed by atoms with Gasteiger partial charge in [-0.2, -0.15) is 12.6 Å². The Kier molecular flexibility index (Phi) is 3.61. The molecule has 0 radical (unpaired) electrons. The Morgan fingerprint density at radius 1 is 1.25 bits per heavy atom. The first-order chi connectivity index (χ1) is 7.69. The molecule has 2 aromatic rings. The van der Waals surface area contributed by atoms with Gasteiger partial charge in [0.15, 0.2) is 0 Å². The Hall–Kier alpha value is -0.870. The molecule has 0 aliphatic rings. The Morgan fingerprint density at radius 2 is 2.06 bits per heavy atom. The fraction of sp³-hybridized carbons (Fsp3) is 0.167. The first-order valence-electron chi connectivity index (χ1n) is 4.90. The van der Waals surface area contributed by atoms with E-state index in [0.29, 0.717) is 5.75 Å². The summed E-state index contributed by atoms with van der Waals surface area (Å²) in [4.78, 5) is 8.76. The Balaban J connectivity index is 2.51. The van der Waals surface area contributed by atoms with E-state index in [2.05, 4.69) is 38.5 Å². The monoisotopic (exact) mass is 294 g/mol. The number of nitrogens with zero attached hydrogens (tertiary/aromatic N) is 2. The second-order valence-electron chi connectivity index (χ2n) is 3.48. The highest BCUT2D eigenvalue weighted by Crippen LogP contribution is 2.22. The molecule has 0 aliphatic heterocycles. The number of benzene rings is 1. The molecular weight excluding hydrogens is 284 g/mol. The number of thiol groups is 1. The molecule has 1 aromatic heterocycles. The molecule has 0 spiro atoms. The third kappa shape index (κ3) is 2.62. The largest absolute Gasteiger partial charge is 0.237 e. The van der Waals surface area contributed by atoms with Crippen LogP contribution in [0.3, 0.4) is 0 Å². The van der Waals surface area contributed by atoms with Gasteiger partial charge < -0.3 is 0 Å². The van der Waals surface area contributed by atoms with Crippen LogP contribution in [0, 0.1) is 6.92 Å². The van der Waals surface area contributed by atoms with Gasteiger partial charge in [0.25, 0.3) is 0 Å². The van der Waals surface area contributed by atoms with E-state index in [4.69, 9.17) is 0 Å². The number of aromatic nitrogens is 2. The quantitative estimate of drug-likeness (QED) is 0.856. The van der Waals surface area contributed by atoms with Crippen molar-refractivity contribution >= 4 is 28.6 Å². The van der Waals surface area contributed by atoms with E-state index in [1.54, 1.807) is 0 Å². The van der Waals surface area contributed by atoms with E-state index in [9.17, 15) is 0 Å². The lowest BCUT2D eigenvalue weighted by Crippen LogP contribution is -1.96. The molecule has 0 aliphatic carbocycles. The summed E-state index contributed by atoms with van der Waals surface area (Å²) >= 11 is 7.66. The predicted molar refractivity (Wildman–Crippen MR) is 72.6 cm³/mol. The fourth-order valence-electron chi connectivity index (χ4n) is 1.50. The van der Waals surface area contributed by atoms with Gasteiger partial charge in [0.2, 0.25) is 0 Å². The summed E-state index contributed by atoms with van der Waals surface area (Å²) < 4.78 is 1.05. The lowest BCUT2D eigenvalue weighted by molar-refractivity contribution is 1.00. The average molecular weight is 295 g/mol. The highest BCUT2D eigenvalue weighted by Gasteiger charge is 2.03. The van der Waals surface area contributed by atoms with E-state index in [1.807, 2.05) is 37.3 Å². The van der Waals surface area contributed by atoms with Gasteiger partial charge in [0.05, 0.1) is 11.4 Å². The van der Waals surface area contributed by atoms with Crippen LogP contribution < -0.4 is 0 Å². The zero-order valence-corrected chi connectivity index (χ0v) is 11.3. The van der Waals surface area contributed by atoms with Crippen molar-refractivity contribution in [3.8, 4) is 11.3 Å². The molecule has 0 unspecified atom stereocenters. The fourth-order valence-corrected chi connectivity index (χ4v) is 2.04. The third-order valence-corrected chi connectivity index (χ3v) is 2.94. The predicted octanol–water partition coefficient (Wildman–Crippen LogP) is 3.64. The van der Waals surface area contributed by atoms with Crippen molar-refractivity contribution in [3.63, 3.8) is 0 Å². The normalized spacial score (nSPS) is 10.4. The minimum absolute atomic E-state index is 0.558. The topological polar surface area (TPSA) is 25.8 Å². The Labute approximate surface area is 109 Å². The van der Waals surface area contributed by atoms with Crippen molar-refractivity contribution in [2.45, 2.75) is 12.7 Å². The van der Waals surface area contributed by atoms with Crippen LogP contribution in [-0.4, -0.2) is 9.97 Å². The highest BCUT2D eigenvalue weighted by molar-refractivity contribution is 9.10. The molecule has 0 atom stereocenters. The van der Waals surface area contributed by atoms with Crippen LogP contribution in [0.25, 0.3) is 11.3 Å². The third-order valence-electron chi connectivity index (χ3n) is 2.16. The van der Waals surface area contributed by atoms with Crippen molar-refractivity contribution in [3.05, 3.63) is 46.3 Å². The molecule has 0 amide bonds. The summed E-state index contributed by atoms with van der Waals surface area (Å²) in [6.07, 6.45) is 0. The molecule has 0 N–H and O–H groups in total. The number of rotatable bonds is 2. The summed E-state index contributed by atoms with van der Waals surface area (Å²) in [6.45, 7) is 1.97. The molecular formula is C12H11BrN2S. The zero-order valence-electron chi connectivity index (χ0n) is 8.81. The first-order valence-corrected chi connectivity index (χ1v) is 6.33.